The van der Waals surface area contributed by atoms with E-state index in [2.05, 4.69) is 20.8 Å². The van der Waals surface area contributed by atoms with Crippen LogP contribution in [0.25, 0.3) is 0 Å². The highest BCUT2D eigenvalue weighted by atomic mass is 35.5. The molecule has 0 unspecified atom stereocenters. The second kappa shape index (κ2) is 11.0. The van der Waals surface area contributed by atoms with Gasteiger partial charge in [0.2, 0.25) is 5.91 Å². The molecule has 0 aliphatic heterocycles. The van der Waals surface area contributed by atoms with Gasteiger partial charge < -0.3 is 19.9 Å². The Morgan fingerprint density at radius 1 is 1.12 bits per heavy atom. The molecule has 0 bridgehead atoms. The number of hydrogen-bond acceptors (Lipinski definition) is 7. The number of methoxy groups -OCH3 is 1. The number of ether oxygens (including phenoxy) is 1. The van der Waals surface area contributed by atoms with Crippen molar-refractivity contribution >= 4 is 46.8 Å². The largest absolute Gasteiger partial charge is 0.465 e. The molecule has 0 fully saturated rings. The number of halogens is 1. The molecule has 0 radical (unpaired) electrons. The maximum absolute atomic E-state index is 12.4. The van der Waals surface area contributed by atoms with Gasteiger partial charge in [-0.2, -0.15) is 0 Å². The van der Waals surface area contributed by atoms with Crippen molar-refractivity contribution in [2.45, 2.75) is 18.1 Å². The van der Waals surface area contributed by atoms with Gasteiger partial charge in [-0.15, -0.1) is 10.2 Å². The summed E-state index contributed by atoms with van der Waals surface area (Å²) in [7, 11) is 3.04. The summed E-state index contributed by atoms with van der Waals surface area (Å²) in [5, 5.41) is 14.9. The lowest BCUT2D eigenvalue weighted by molar-refractivity contribution is -0.113. The minimum absolute atomic E-state index is 0.0486. The molecule has 1 heterocycles. The van der Waals surface area contributed by atoms with E-state index in [0.717, 1.165) is 0 Å². The number of anilines is 1. The van der Waals surface area contributed by atoms with Crippen molar-refractivity contribution in [1.29, 1.82) is 0 Å². The molecule has 0 saturated carbocycles. The quantitative estimate of drug-likeness (QED) is 0.369. The second-order valence-electron chi connectivity index (χ2n) is 6.98. The summed E-state index contributed by atoms with van der Waals surface area (Å²) in [6.07, 6.45) is 0. The number of nitrogens with zero attached hydrogens (tertiary/aromatic N) is 3. The van der Waals surface area contributed by atoms with Gasteiger partial charge in [-0.1, -0.05) is 35.5 Å². The van der Waals surface area contributed by atoms with Gasteiger partial charge in [0, 0.05) is 17.6 Å². The van der Waals surface area contributed by atoms with Gasteiger partial charge in [0.1, 0.15) is 0 Å². The Morgan fingerprint density at radius 3 is 2.52 bits per heavy atom. The normalized spacial score (nSPS) is 11.5. The fraction of sp³-hybridized carbons (Fsp3) is 0.227. The number of thioether (sulfide) groups is 1. The van der Waals surface area contributed by atoms with Crippen molar-refractivity contribution in [3.63, 3.8) is 0 Å². The Morgan fingerprint density at radius 2 is 1.82 bits per heavy atom. The van der Waals surface area contributed by atoms with E-state index in [1.54, 1.807) is 67.1 Å². The van der Waals surface area contributed by atoms with Crippen LogP contribution < -0.4 is 10.6 Å². The first kappa shape index (κ1) is 24.3. The number of para-hydroxylation sites is 1. The van der Waals surface area contributed by atoms with E-state index in [0.29, 0.717) is 27.3 Å². The molecule has 2 amide bonds. The number of nitrogens with one attached hydrogen (secondary N) is 2. The third kappa shape index (κ3) is 6.11. The molecule has 11 heteroatoms. The summed E-state index contributed by atoms with van der Waals surface area (Å²) in [5.74, 6) is -0.528. The number of rotatable bonds is 8. The van der Waals surface area contributed by atoms with E-state index in [1.807, 2.05) is 0 Å². The molecule has 0 saturated heterocycles. The average Bonchev–Trinajstić information content (AvgIpc) is 3.18. The molecule has 2 aromatic carbocycles. The van der Waals surface area contributed by atoms with Crippen LogP contribution in [0.4, 0.5) is 5.69 Å². The summed E-state index contributed by atoms with van der Waals surface area (Å²) in [6.45, 7) is 1.79. The van der Waals surface area contributed by atoms with Gasteiger partial charge in [-0.3, -0.25) is 9.59 Å². The molecule has 9 nitrogen and oxygen atoms in total. The van der Waals surface area contributed by atoms with E-state index in [4.69, 9.17) is 16.3 Å². The van der Waals surface area contributed by atoms with Crippen LogP contribution in [0, 0.1) is 0 Å². The minimum atomic E-state index is -0.536. The fourth-order valence-corrected chi connectivity index (χ4v) is 3.82. The molecule has 3 rings (SSSR count). The summed E-state index contributed by atoms with van der Waals surface area (Å²) in [6, 6.07) is 12.7. The lowest BCUT2D eigenvalue weighted by Crippen LogP contribution is -2.28. The first-order valence-electron chi connectivity index (χ1n) is 9.86. The molecule has 0 spiro atoms. The molecule has 1 atom stereocenters. The highest BCUT2D eigenvalue weighted by molar-refractivity contribution is 7.99. The summed E-state index contributed by atoms with van der Waals surface area (Å²) < 4.78 is 6.45. The summed E-state index contributed by atoms with van der Waals surface area (Å²) >= 11 is 7.05. The number of amides is 2. The number of benzene rings is 2. The van der Waals surface area contributed by atoms with Crippen molar-refractivity contribution in [3.8, 4) is 0 Å². The SMILES string of the molecule is COC(=O)c1ccccc1NC(=O)CSc1nnc([C@@H](C)NC(=O)c2ccc(Cl)cc2)n1C. The number of carbonyl (C=O) groups excluding carboxylic acids is 3. The molecular formula is C22H22ClN5O4S. The van der Waals surface area contributed by atoms with Crippen LogP contribution in [0.15, 0.2) is 53.7 Å². The van der Waals surface area contributed by atoms with E-state index >= 15 is 0 Å². The Bertz CT molecular complexity index is 1170. The van der Waals surface area contributed by atoms with Gasteiger partial charge in [0.15, 0.2) is 11.0 Å². The first-order chi connectivity index (χ1) is 15.8. The lowest BCUT2D eigenvalue weighted by Gasteiger charge is -2.14. The van der Waals surface area contributed by atoms with Crippen LogP contribution in [0.2, 0.25) is 5.02 Å². The zero-order valence-electron chi connectivity index (χ0n) is 18.2. The molecule has 33 heavy (non-hydrogen) atoms. The van der Waals surface area contributed by atoms with Gasteiger partial charge in [0.25, 0.3) is 5.91 Å². The Balaban J connectivity index is 1.60. The minimum Gasteiger partial charge on any atom is -0.465 e. The van der Waals surface area contributed by atoms with Crippen molar-refractivity contribution in [2.75, 3.05) is 18.2 Å². The Labute approximate surface area is 199 Å². The first-order valence-corrected chi connectivity index (χ1v) is 11.2. The number of carbonyl (C=O) groups is 3. The van der Waals surface area contributed by atoms with Crippen LogP contribution in [0.3, 0.4) is 0 Å². The summed E-state index contributed by atoms with van der Waals surface area (Å²) in [5.41, 5.74) is 1.11. The van der Waals surface area contributed by atoms with Crippen LogP contribution in [0.5, 0.6) is 0 Å². The van der Waals surface area contributed by atoms with Gasteiger partial charge >= 0.3 is 5.97 Å². The molecule has 172 valence electrons. The maximum Gasteiger partial charge on any atom is 0.339 e. The smallest absolute Gasteiger partial charge is 0.339 e. The third-order valence-corrected chi connectivity index (χ3v) is 5.92. The van der Waals surface area contributed by atoms with Crippen LogP contribution in [-0.4, -0.2) is 45.4 Å². The summed E-state index contributed by atoms with van der Waals surface area (Å²) in [4.78, 5) is 36.7. The maximum atomic E-state index is 12.4. The monoisotopic (exact) mass is 487 g/mol. The van der Waals surface area contributed by atoms with E-state index in [-0.39, 0.29) is 23.1 Å². The van der Waals surface area contributed by atoms with Crippen molar-refractivity contribution < 1.29 is 19.1 Å². The van der Waals surface area contributed by atoms with Crippen molar-refractivity contribution in [2.24, 2.45) is 7.05 Å². The van der Waals surface area contributed by atoms with Gasteiger partial charge in [-0.25, -0.2) is 4.79 Å². The molecular weight excluding hydrogens is 466 g/mol. The molecule has 1 aromatic heterocycles. The fourth-order valence-electron chi connectivity index (χ4n) is 2.97. The number of aromatic nitrogens is 3. The van der Waals surface area contributed by atoms with E-state index in [9.17, 15) is 14.4 Å². The lowest BCUT2D eigenvalue weighted by atomic mass is 10.2. The Hall–Kier alpha value is -3.37. The van der Waals surface area contributed by atoms with Gasteiger partial charge in [0.05, 0.1) is 30.2 Å². The van der Waals surface area contributed by atoms with E-state index in [1.165, 1.54) is 18.9 Å². The number of hydrogen-bond donors (Lipinski definition) is 2. The highest BCUT2D eigenvalue weighted by Gasteiger charge is 2.19. The highest BCUT2D eigenvalue weighted by Crippen LogP contribution is 2.21. The van der Waals surface area contributed by atoms with Crippen molar-refractivity contribution in [3.05, 3.63) is 70.5 Å². The molecule has 0 aliphatic rings. The van der Waals surface area contributed by atoms with Crippen molar-refractivity contribution in [1.82, 2.24) is 20.1 Å². The second-order valence-corrected chi connectivity index (χ2v) is 8.35. The zero-order valence-corrected chi connectivity index (χ0v) is 19.7. The predicted molar refractivity (Wildman–Crippen MR) is 125 cm³/mol. The molecule has 3 aromatic rings. The topological polar surface area (TPSA) is 115 Å². The average molecular weight is 488 g/mol. The third-order valence-electron chi connectivity index (χ3n) is 4.65. The van der Waals surface area contributed by atoms with Crippen LogP contribution in [-0.2, 0) is 16.6 Å². The van der Waals surface area contributed by atoms with Crippen LogP contribution >= 0.6 is 23.4 Å². The standard InChI is InChI=1S/C22H22ClN5O4S/c1-13(24-20(30)14-8-10-15(23)11-9-14)19-26-27-22(28(19)2)33-12-18(29)25-17-7-5-4-6-16(17)21(31)32-3/h4-11,13H,12H2,1-3H3,(H,24,30)(H,25,29)/t13-/m1/s1. The van der Waals surface area contributed by atoms with E-state index < -0.39 is 12.0 Å². The predicted octanol–water partition coefficient (Wildman–Crippen LogP) is 3.48. The zero-order chi connectivity index (χ0) is 24.0. The van der Waals surface area contributed by atoms with Gasteiger partial charge in [-0.05, 0) is 43.3 Å². The molecule has 0 aliphatic carbocycles. The molecule has 2 N–H and O–H groups in total. The van der Waals surface area contributed by atoms with Crippen LogP contribution in [0.1, 0.15) is 39.5 Å². The Kier molecular flexibility index (Phi) is 8.07. The number of esters is 1.